The molecule has 4 nitrogen and oxygen atoms in total. The van der Waals surface area contributed by atoms with Gasteiger partial charge in [0.05, 0.1) is 12.6 Å². The first-order valence-corrected chi connectivity index (χ1v) is 6.51. The van der Waals surface area contributed by atoms with E-state index in [1.165, 1.54) is 12.3 Å². The summed E-state index contributed by atoms with van der Waals surface area (Å²) in [6.07, 6.45) is 1.11. The van der Waals surface area contributed by atoms with E-state index in [9.17, 15) is 18.7 Å². The Kier molecular flexibility index (Phi) is 4.83. The molecule has 0 bridgehead atoms. The van der Waals surface area contributed by atoms with E-state index in [-0.39, 0.29) is 17.7 Å². The lowest BCUT2D eigenvalue weighted by Crippen LogP contribution is -2.20. The lowest BCUT2D eigenvalue weighted by atomic mass is 10.1. The number of nitrogens with zero attached hydrogens (tertiary/aromatic N) is 1. The monoisotopic (exact) mass is 304 g/mol. The van der Waals surface area contributed by atoms with Crippen LogP contribution in [0, 0.1) is 18.6 Å². The molecule has 0 saturated heterocycles. The highest BCUT2D eigenvalue weighted by Crippen LogP contribution is 2.17. The number of hydrazone groups is 1. The van der Waals surface area contributed by atoms with Gasteiger partial charge >= 0.3 is 0 Å². The molecular formula is C16H14F2N2O2. The SMILES string of the molecule is Cc1cccc(O)c1C=NNC(=O)Cc1cc(F)cc(F)c1. The normalized spacial score (nSPS) is 10.9. The minimum absolute atomic E-state index is 0.0465. The number of hydrogen-bond donors (Lipinski definition) is 2. The molecule has 0 aliphatic heterocycles. The zero-order valence-corrected chi connectivity index (χ0v) is 11.8. The van der Waals surface area contributed by atoms with Crippen LogP contribution in [0.25, 0.3) is 0 Å². The number of rotatable bonds is 4. The van der Waals surface area contributed by atoms with Crippen molar-refractivity contribution < 1.29 is 18.7 Å². The molecule has 0 unspecified atom stereocenters. The van der Waals surface area contributed by atoms with Crippen LogP contribution in [0.5, 0.6) is 5.75 Å². The maximum Gasteiger partial charge on any atom is 0.244 e. The van der Waals surface area contributed by atoms with E-state index in [0.717, 1.165) is 23.8 Å². The summed E-state index contributed by atoms with van der Waals surface area (Å²) < 4.78 is 26.0. The van der Waals surface area contributed by atoms with Crippen LogP contribution in [0.4, 0.5) is 8.78 Å². The minimum Gasteiger partial charge on any atom is -0.507 e. The summed E-state index contributed by atoms with van der Waals surface area (Å²) in [5.74, 6) is -1.95. The molecule has 114 valence electrons. The maximum atomic E-state index is 13.0. The summed E-state index contributed by atoms with van der Waals surface area (Å²) in [6, 6.07) is 7.89. The second-order valence-corrected chi connectivity index (χ2v) is 4.76. The molecule has 0 spiro atoms. The summed E-state index contributed by atoms with van der Waals surface area (Å²) in [5.41, 5.74) is 3.74. The van der Waals surface area contributed by atoms with Crippen LogP contribution in [-0.4, -0.2) is 17.2 Å². The Bertz CT molecular complexity index is 690. The van der Waals surface area contributed by atoms with Gasteiger partial charge in [-0.3, -0.25) is 4.79 Å². The number of halogens is 2. The molecule has 6 heteroatoms. The van der Waals surface area contributed by atoms with E-state index in [4.69, 9.17) is 0 Å². The molecule has 22 heavy (non-hydrogen) atoms. The van der Waals surface area contributed by atoms with E-state index in [0.29, 0.717) is 5.56 Å². The van der Waals surface area contributed by atoms with Gasteiger partial charge in [0.25, 0.3) is 0 Å². The predicted molar refractivity (Wildman–Crippen MR) is 78.6 cm³/mol. The van der Waals surface area contributed by atoms with Crippen LogP contribution in [0.1, 0.15) is 16.7 Å². The van der Waals surface area contributed by atoms with Crippen molar-refractivity contribution in [3.8, 4) is 5.75 Å². The molecule has 0 atom stereocenters. The van der Waals surface area contributed by atoms with Crippen LogP contribution in [0.2, 0.25) is 0 Å². The zero-order valence-electron chi connectivity index (χ0n) is 11.8. The van der Waals surface area contributed by atoms with Gasteiger partial charge in [-0.25, -0.2) is 14.2 Å². The molecular weight excluding hydrogens is 290 g/mol. The van der Waals surface area contributed by atoms with Crippen molar-refractivity contribution in [3.05, 3.63) is 64.7 Å². The lowest BCUT2D eigenvalue weighted by molar-refractivity contribution is -0.120. The molecule has 2 rings (SSSR count). The van der Waals surface area contributed by atoms with E-state index < -0.39 is 17.5 Å². The van der Waals surface area contributed by atoms with Gasteiger partial charge in [0.1, 0.15) is 17.4 Å². The average Bonchev–Trinajstić information content (AvgIpc) is 2.41. The Morgan fingerprint density at radius 2 is 1.95 bits per heavy atom. The number of carbonyl (C=O) groups excluding carboxylic acids is 1. The fraction of sp³-hybridized carbons (Fsp3) is 0.125. The second kappa shape index (κ2) is 6.80. The van der Waals surface area contributed by atoms with Gasteiger partial charge in [0.15, 0.2) is 0 Å². The maximum absolute atomic E-state index is 13.0. The second-order valence-electron chi connectivity index (χ2n) is 4.76. The first-order chi connectivity index (χ1) is 10.5. The van der Waals surface area contributed by atoms with Crippen molar-refractivity contribution in [2.24, 2.45) is 5.10 Å². The number of amides is 1. The Labute approximate surface area is 126 Å². The first kappa shape index (κ1) is 15.6. The molecule has 2 aromatic carbocycles. The summed E-state index contributed by atoms with van der Waals surface area (Å²) in [4.78, 5) is 11.7. The number of benzene rings is 2. The van der Waals surface area contributed by atoms with E-state index in [1.54, 1.807) is 19.1 Å². The van der Waals surface area contributed by atoms with Gasteiger partial charge in [-0.1, -0.05) is 12.1 Å². The van der Waals surface area contributed by atoms with Crippen LogP contribution in [0.3, 0.4) is 0 Å². The van der Waals surface area contributed by atoms with Gasteiger partial charge in [0, 0.05) is 11.6 Å². The third-order valence-electron chi connectivity index (χ3n) is 2.97. The molecule has 1 amide bonds. The fourth-order valence-electron chi connectivity index (χ4n) is 1.94. The molecule has 0 saturated carbocycles. The summed E-state index contributed by atoms with van der Waals surface area (Å²) in [5, 5.41) is 13.4. The number of aryl methyl sites for hydroxylation is 1. The lowest BCUT2D eigenvalue weighted by Gasteiger charge is -2.03. The minimum atomic E-state index is -0.740. The van der Waals surface area contributed by atoms with Crippen LogP contribution in [0.15, 0.2) is 41.5 Å². The van der Waals surface area contributed by atoms with Crippen LogP contribution in [-0.2, 0) is 11.2 Å². The molecule has 0 aliphatic rings. The van der Waals surface area contributed by atoms with E-state index in [2.05, 4.69) is 10.5 Å². The smallest absolute Gasteiger partial charge is 0.244 e. The van der Waals surface area contributed by atoms with Crippen molar-refractivity contribution in [2.75, 3.05) is 0 Å². The van der Waals surface area contributed by atoms with Gasteiger partial charge < -0.3 is 5.11 Å². The first-order valence-electron chi connectivity index (χ1n) is 6.51. The standard InChI is InChI=1S/C16H14F2N2O2/c1-10-3-2-4-15(21)14(10)9-19-20-16(22)7-11-5-12(17)8-13(18)6-11/h2-6,8-9,21H,7H2,1H3,(H,20,22). The number of hydrogen-bond acceptors (Lipinski definition) is 3. The van der Waals surface area contributed by atoms with Crippen molar-refractivity contribution in [2.45, 2.75) is 13.3 Å². The number of aromatic hydroxyl groups is 1. The largest absolute Gasteiger partial charge is 0.507 e. The Balaban J connectivity index is 1.99. The highest BCUT2D eigenvalue weighted by Gasteiger charge is 2.06. The van der Waals surface area contributed by atoms with E-state index >= 15 is 0 Å². The van der Waals surface area contributed by atoms with E-state index in [1.807, 2.05) is 0 Å². The highest BCUT2D eigenvalue weighted by molar-refractivity contribution is 5.87. The zero-order chi connectivity index (χ0) is 16.1. The van der Waals surface area contributed by atoms with Crippen molar-refractivity contribution in [1.82, 2.24) is 5.43 Å². The molecule has 0 aliphatic carbocycles. The molecule has 0 aromatic heterocycles. The number of phenols is 1. The molecule has 0 heterocycles. The average molecular weight is 304 g/mol. The van der Waals surface area contributed by atoms with Gasteiger partial charge in [-0.15, -0.1) is 0 Å². The summed E-state index contributed by atoms with van der Waals surface area (Å²) in [7, 11) is 0. The molecule has 2 aromatic rings. The quantitative estimate of drug-likeness (QED) is 0.674. The van der Waals surface area contributed by atoms with Crippen molar-refractivity contribution in [3.63, 3.8) is 0 Å². The Morgan fingerprint density at radius 1 is 1.27 bits per heavy atom. The van der Waals surface area contributed by atoms with Gasteiger partial charge in [0.2, 0.25) is 5.91 Å². The predicted octanol–water partition coefficient (Wildman–Crippen LogP) is 2.67. The van der Waals surface area contributed by atoms with Crippen LogP contribution >= 0.6 is 0 Å². The third kappa shape index (κ3) is 4.12. The Morgan fingerprint density at radius 3 is 2.59 bits per heavy atom. The Hall–Kier alpha value is -2.76. The third-order valence-corrected chi connectivity index (χ3v) is 2.97. The summed E-state index contributed by atoms with van der Waals surface area (Å²) in [6.45, 7) is 1.79. The highest BCUT2D eigenvalue weighted by atomic mass is 19.1. The topological polar surface area (TPSA) is 61.7 Å². The molecule has 0 fully saturated rings. The van der Waals surface area contributed by atoms with Crippen LogP contribution < -0.4 is 5.43 Å². The fourth-order valence-corrected chi connectivity index (χ4v) is 1.94. The van der Waals surface area contributed by atoms with Crippen molar-refractivity contribution >= 4 is 12.1 Å². The number of carbonyl (C=O) groups is 1. The summed E-state index contributed by atoms with van der Waals surface area (Å²) >= 11 is 0. The number of phenolic OH excluding ortho intramolecular Hbond substituents is 1. The van der Waals surface area contributed by atoms with Gasteiger partial charge in [-0.05, 0) is 36.2 Å². The van der Waals surface area contributed by atoms with Gasteiger partial charge in [-0.2, -0.15) is 5.10 Å². The molecule has 0 radical (unpaired) electrons. The van der Waals surface area contributed by atoms with Crippen molar-refractivity contribution in [1.29, 1.82) is 0 Å². The molecule has 2 N–H and O–H groups in total. The number of nitrogens with one attached hydrogen (secondary N) is 1.